The highest BCUT2D eigenvalue weighted by atomic mass is 19.4. The van der Waals surface area contributed by atoms with Gasteiger partial charge in [-0.2, -0.15) is 13.2 Å². The largest absolute Gasteiger partial charge is 0.416 e. The van der Waals surface area contributed by atoms with Crippen LogP contribution >= 0.6 is 0 Å². The first-order valence-electron chi connectivity index (χ1n) is 8.66. The zero-order valence-electron chi connectivity index (χ0n) is 15.9. The van der Waals surface area contributed by atoms with E-state index in [9.17, 15) is 22.8 Å². The first kappa shape index (κ1) is 20.8. The summed E-state index contributed by atoms with van der Waals surface area (Å²) >= 11 is 0. The molecule has 0 aliphatic heterocycles. The fourth-order valence-electron chi connectivity index (χ4n) is 2.62. The van der Waals surface area contributed by atoms with E-state index in [1.807, 2.05) is 0 Å². The number of alkyl halides is 3. The summed E-state index contributed by atoms with van der Waals surface area (Å²) in [6.45, 7) is 3.26. The van der Waals surface area contributed by atoms with Crippen LogP contribution in [0.25, 0.3) is 17.6 Å². The van der Waals surface area contributed by atoms with Crippen LogP contribution < -0.4 is 10.9 Å². The third-order valence-corrected chi connectivity index (χ3v) is 4.05. The van der Waals surface area contributed by atoms with Crippen LogP contribution in [-0.2, 0) is 11.0 Å². The highest BCUT2D eigenvalue weighted by Gasteiger charge is 2.31. The molecule has 0 aliphatic rings. The molecular weight excluding hydrogens is 401 g/mol. The first-order valence-corrected chi connectivity index (χ1v) is 8.66. The van der Waals surface area contributed by atoms with E-state index >= 15 is 0 Å². The van der Waals surface area contributed by atoms with Crippen LogP contribution in [0.15, 0.2) is 42.9 Å². The van der Waals surface area contributed by atoms with Gasteiger partial charge in [-0.1, -0.05) is 0 Å². The molecule has 3 aromatic rings. The maximum atomic E-state index is 13.0. The van der Waals surface area contributed by atoms with Crippen molar-refractivity contribution < 1.29 is 22.8 Å². The van der Waals surface area contributed by atoms with E-state index in [2.05, 4.69) is 25.9 Å². The lowest BCUT2D eigenvalue weighted by molar-refractivity contribution is -0.137. The Balaban J connectivity index is 1.65. The van der Waals surface area contributed by atoms with Gasteiger partial charge in [0.1, 0.15) is 6.33 Å². The Kier molecular flexibility index (Phi) is 5.72. The van der Waals surface area contributed by atoms with E-state index in [0.717, 1.165) is 18.2 Å². The van der Waals surface area contributed by atoms with Gasteiger partial charge < -0.3 is 4.98 Å². The molecule has 2 heterocycles. The average Bonchev–Trinajstić information content (AvgIpc) is 3.32. The lowest BCUT2D eigenvalue weighted by Crippen LogP contribution is -2.40. The van der Waals surface area contributed by atoms with Gasteiger partial charge in [-0.05, 0) is 43.7 Å². The van der Waals surface area contributed by atoms with Crippen molar-refractivity contribution in [3.63, 3.8) is 0 Å². The van der Waals surface area contributed by atoms with Crippen LogP contribution in [0.2, 0.25) is 0 Å². The molecule has 0 saturated carbocycles. The quantitative estimate of drug-likeness (QED) is 0.448. The normalized spacial score (nSPS) is 11.6. The summed E-state index contributed by atoms with van der Waals surface area (Å²) in [5, 5.41) is 4.04. The summed E-state index contributed by atoms with van der Waals surface area (Å²) in [6.07, 6.45) is 0.696. The van der Waals surface area contributed by atoms with Crippen LogP contribution in [-0.4, -0.2) is 31.6 Å². The van der Waals surface area contributed by atoms with E-state index in [-0.39, 0.29) is 11.4 Å². The van der Waals surface area contributed by atoms with Crippen molar-refractivity contribution in [1.29, 1.82) is 0 Å². The average molecular weight is 418 g/mol. The molecule has 2 amide bonds. The number of hydrogen-bond acceptors (Lipinski definition) is 4. The second-order valence-electron chi connectivity index (χ2n) is 6.41. The zero-order valence-corrected chi connectivity index (χ0v) is 15.9. The maximum Gasteiger partial charge on any atom is 0.416 e. The number of carbonyl (C=O) groups excluding carboxylic acids is 2. The van der Waals surface area contributed by atoms with Crippen molar-refractivity contribution in [3.8, 4) is 11.4 Å². The number of hydrazine groups is 1. The fourth-order valence-corrected chi connectivity index (χ4v) is 2.62. The summed E-state index contributed by atoms with van der Waals surface area (Å²) < 4.78 is 40.1. The van der Waals surface area contributed by atoms with Crippen molar-refractivity contribution in [2.24, 2.45) is 0 Å². The molecular formula is C19H17F3N6O2. The summed E-state index contributed by atoms with van der Waals surface area (Å²) in [4.78, 5) is 30.6. The van der Waals surface area contributed by atoms with E-state index in [1.165, 1.54) is 23.3 Å². The Morgan fingerprint density at radius 2 is 1.93 bits per heavy atom. The summed E-state index contributed by atoms with van der Waals surface area (Å²) in [5.41, 5.74) is 5.33. The van der Waals surface area contributed by atoms with Crippen molar-refractivity contribution in [1.82, 2.24) is 30.6 Å². The smallest absolute Gasteiger partial charge is 0.365 e. The van der Waals surface area contributed by atoms with Gasteiger partial charge in [0.05, 0.1) is 11.1 Å². The number of H-pyrrole nitrogens is 1. The first-order chi connectivity index (χ1) is 14.1. The Labute approximate surface area is 168 Å². The number of nitrogens with zero attached hydrogens (tertiary/aromatic N) is 3. The molecule has 156 valence electrons. The molecule has 0 aliphatic carbocycles. The lowest BCUT2D eigenvalue weighted by atomic mass is 10.1. The van der Waals surface area contributed by atoms with Crippen molar-refractivity contribution in [2.45, 2.75) is 20.0 Å². The molecule has 0 fully saturated rings. The number of hydrogen-bond donors (Lipinski definition) is 3. The van der Waals surface area contributed by atoms with E-state index in [4.69, 9.17) is 0 Å². The van der Waals surface area contributed by atoms with Gasteiger partial charge in [0.2, 0.25) is 0 Å². The minimum Gasteiger partial charge on any atom is -0.365 e. The van der Waals surface area contributed by atoms with Gasteiger partial charge in [-0.3, -0.25) is 20.4 Å². The highest BCUT2D eigenvalue weighted by molar-refractivity contribution is 5.98. The molecule has 3 N–H and O–H groups in total. The predicted molar refractivity (Wildman–Crippen MR) is 102 cm³/mol. The predicted octanol–water partition coefficient (Wildman–Crippen LogP) is 2.84. The summed E-state index contributed by atoms with van der Waals surface area (Å²) in [7, 11) is 0. The molecule has 8 nitrogen and oxygen atoms in total. The Morgan fingerprint density at radius 1 is 1.17 bits per heavy atom. The number of aryl methyl sites for hydroxylation is 2. The topological polar surface area (TPSA) is 105 Å². The molecule has 0 radical (unpaired) electrons. The number of aromatic amines is 1. The Morgan fingerprint density at radius 3 is 2.60 bits per heavy atom. The Bertz CT molecular complexity index is 1110. The molecule has 0 unspecified atom stereocenters. The number of carbonyl (C=O) groups is 2. The molecule has 0 bridgehead atoms. The van der Waals surface area contributed by atoms with Gasteiger partial charge in [-0.25, -0.2) is 9.67 Å². The summed E-state index contributed by atoms with van der Waals surface area (Å²) in [5.74, 6) is -1.05. The number of rotatable bonds is 4. The fraction of sp³-hybridized carbons (Fsp3) is 0.158. The molecule has 0 saturated heterocycles. The third-order valence-electron chi connectivity index (χ3n) is 4.05. The molecule has 2 aromatic heterocycles. The van der Waals surface area contributed by atoms with Crippen LogP contribution in [0.4, 0.5) is 13.2 Å². The minimum atomic E-state index is -4.48. The second-order valence-corrected chi connectivity index (χ2v) is 6.41. The molecule has 1 aromatic carbocycles. The molecule has 11 heteroatoms. The maximum absolute atomic E-state index is 13.0. The Hall–Kier alpha value is -3.89. The van der Waals surface area contributed by atoms with Crippen LogP contribution in [0, 0.1) is 13.8 Å². The standard InChI is InChI=1S/C19H17F3N6O2/c1-11-7-13(9-14(8-11)19(20,21)22)17-24-10-28(27-17)6-4-16(29)25-26-18(30)15-3-5-23-12(15)2/h3-10,23H,1-2H3,(H,25,29)(H,26,30)/b6-4-. The molecule has 30 heavy (non-hydrogen) atoms. The second kappa shape index (κ2) is 8.23. The summed E-state index contributed by atoms with van der Waals surface area (Å²) in [6, 6.07) is 5.10. The van der Waals surface area contributed by atoms with Gasteiger partial charge in [0.15, 0.2) is 5.82 Å². The SMILES string of the molecule is Cc1cc(-c2ncn(/C=C\C(=O)NNC(=O)c3cc[nH]c3C)n2)cc(C(F)(F)F)c1. The van der Waals surface area contributed by atoms with Gasteiger partial charge in [-0.15, -0.1) is 5.10 Å². The number of nitrogens with one attached hydrogen (secondary N) is 3. The third kappa shape index (κ3) is 4.93. The van der Waals surface area contributed by atoms with Gasteiger partial charge >= 0.3 is 6.18 Å². The van der Waals surface area contributed by atoms with Crippen molar-refractivity contribution in [3.05, 3.63) is 65.2 Å². The van der Waals surface area contributed by atoms with Crippen LogP contribution in [0.3, 0.4) is 0 Å². The van der Waals surface area contributed by atoms with Gasteiger partial charge in [0.25, 0.3) is 11.8 Å². The van der Waals surface area contributed by atoms with Crippen molar-refractivity contribution >= 4 is 18.0 Å². The molecule has 0 spiro atoms. The van der Waals surface area contributed by atoms with E-state index in [1.54, 1.807) is 26.1 Å². The number of halogens is 3. The van der Waals surface area contributed by atoms with E-state index in [0.29, 0.717) is 16.8 Å². The van der Waals surface area contributed by atoms with E-state index < -0.39 is 23.6 Å². The number of benzene rings is 1. The molecule has 0 atom stereocenters. The number of aromatic nitrogens is 4. The monoisotopic (exact) mass is 418 g/mol. The van der Waals surface area contributed by atoms with Crippen molar-refractivity contribution in [2.75, 3.05) is 0 Å². The number of amides is 2. The van der Waals surface area contributed by atoms with Crippen LogP contribution in [0.5, 0.6) is 0 Å². The van der Waals surface area contributed by atoms with Gasteiger partial charge in [0, 0.05) is 29.7 Å². The highest BCUT2D eigenvalue weighted by Crippen LogP contribution is 2.32. The molecule has 3 rings (SSSR count). The minimum absolute atomic E-state index is 0.0745. The lowest BCUT2D eigenvalue weighted by Gasteiger charge is -2.09. The zero-order chi connectivity index (χ0) is 21.9. The van der Waals surface area contributed by atoms with Crippen LogP contribution in [0.1, 0.15) is 27.2 Å².